The van der Waals surface area contributed by atoms with E-state index in [1.54, 1.807) is 24.3 Å². The first-order chi connectivity index (χ1) is 13.1. The summed E-state index contributed by atoms with van der Waals surface area (Å²) in [5, 5.41) is 12.8. The van der Waals surface area contributed by atoms with E-state index >= 15 is 0 Å². The third-order valence-corrected chi connectivity index (χ3v) is 5.21. The average Bonchev–Trinajstić information content (AvgIpc) is 2.70. The normalized spacial score (nSPS) is 14.6. The SMILES string of the molecule is N#CC(=Cc1ccc(N2CCCCC2)cc1)C(=O)Nc1ccc(Cl)c(Cl)c1. The molecule has 1 heterocycles. The van der Waals surface area contributed by atoms with Crippen LogP contribution < -0.4 is 10.2 Å². The van der Waals surface area contributed by atoms with Gasteiger partial charge >= 0.3 is 0 Å². The van der Waals surface area contributed by atoms with Gasteiger partial charge in [0.15, 0.2) is 0 Å². The highest BCUT2D eigenvalue weighted by atomic mass is 35.5. The maximum absolute atomic E-state index is 12.4. The molecule has 0 saturated carbocycles. The molecule has 2 aromatic rings. The van der Waals surface area contributed by atoms with E-state index in [1.165, 1.54) is 24.9 Å². The van der Waals surface area contributed by atoms with E-state index in [2.05, 4.69) is 10.2 Å². The number of carbonyl (C=O) groups is 1. The van der Waals surface area contributed by atoms with E-state index in [0.717, 1.165) is 18.7 Å². The maximum atomic E-state index is 12.4. The van der Waals surface area contributed by atoms with Crippen LogP contribution in [0.1, 0.15) is 24.8 Å². The Bertz CT molecular complexity index is 895. The van der Waals surface area contributed by atoms with E-state index in [4.69, 9.17) is 23.2 Å². The Labute approximate surface area is 169 Å². The molecule has 6 heteroatoms. The molecule has 27 heavy (non-hydrogen) atoms. The minimum atomic E-state index is -0.490. The van der Waals surface area contributed by atoms with Gasteiger partial charge < -0.3 is 10.2 Å². The summed E-state index contributed by atoms with van der Waals surface area (Å²) < 4.78 is 0. The van der Waals surface area contributed by atoms with Gasteiger partial charge in [0.05, 0.1) is 10.0 Å². The highest BCUT2D eigenvalue weighted by Gasteiger charge is 2.12. The zero-order valence-electron chi connectivity index (χ0n) is 14.7. The molecule has 1 saturated heterocycles. The van der Waals surface area contributed by atoms with Crippen molar-refractivity contribution < 1.29 is 4.79 Å². The maximum Gasteiger partial charge on any atom is 0.266 e. The van der Waals surface area contributed by atoms with E-state index in [0.29, 0.717) is 15.7 Å². The van der Waals surface area contributed by atoms with Crippen molar-refractivity contribution in [2.75, 3.05) is 23.3 Å². The number of nitrogens with zero attached hydrogens (tertiary/aromatic N) is 2. The zero-order valence-corrected chi connectivity index (χ0v) is 16.2. The lowest BCUT2D eigenvalue weighted by atomic mass is 10.1. The van der Waals surface area contributed by atoms with Crippen LogP contribution in [0.25, 0.3) is 6.08 Å². The minimum absolute atomic E-state index is 0.0202. The van der Waals surface area contributed by atoms with Crippen LogP contribution in [0, 0.1) is 11.3 Å². The summed E-state index contributed by atoms with van der Waals surface area (Å²) in [6.45, 7) is 2.15. The second-order valence-corrected chi connectivity index (χ2v) is 7.21. The Morgan fingerprint density at radius 2 is 1.74 bits per heavy atom. The molecule has 2 aromatic carbocycles. The molecule has 0 radical (unpaired) electrons. The molecule has 1 aliphatic heterocycles. The summed E-state index contributed by atoms with van der Waals surface area (Å²) in [6, 6.07) is 14.6. The standard InChI is InChI=1S/C21H19Cl2N3O/c22-19-9-6-17(13-20(19)23)25-21(27)16(14-24)12-15-4-7-18(8-5-15)26-10-2-1-3-11-26/h4-9,12-13H,1-3,10-11H2,(H,25,27). The van der Waals surface area contributed by atoms with Gasteiger partial charge in [0.2, 0.25) is 0 Å². The van der Waals surface area contributed by atoms with Crippen molar-refractivity contribution in [1.29, 1.82) is 5.26 Å². The topological polar surface area (TPSA) is 56.1 Å². The fraction of sp³-hybridized carbons (Fsp3) is 0.238. The molecule has 1 amide bonds. The molecule has 0 spiro atoms. The molecule has 0 unspecified atom stereocenters. The summed E-state index contributed by atoms with van der Waals surface area (Å²) in [6.07, 6.45) is 5.30. The van der Waals surface area contributed by atoms with Crippen molar-refractivity contribution in [3.8, 4) is 6.07 Å². The highest BCUT2D eigenvalue weighted by Crippen LogP contribution is 2.25. The van der Waals surface area contributed by atoms with E-state index < -0.39 is 5.91 Å². The van der Waals surface area contributed by atoms with Crippen molar-refractivity contribution in [2.24, 2.45) is 0 Å². The molecular weight excluding hydrogens is 381 g/mol. The van der Waals surface area contributed by atoms with Gasteiger partial charge in [-0.15, -0.1) is 0 Å². The van der Waals surface area contributed by atoms with Gasteiger partial charge in [-0.2, -0.15) is 5.26 Å². The number of halogens is 2. The van der Waals surface area contributed by atoms with Crippen LogP contribution in [0.2, 0.25) is 10.0 Å². The van der Waals surface area contributed by atoms with Gasteiger partial charge in [-0.1, -0.05) is 35.3 Å². The molecule has 0 aliphatic carbocycles. The third-order valence-electron chi connectivity index (χ3n) is 4.47. The highest BCUT2D eigenvalue weighted by molar-refractivity contribution is 6.42. The van der Waals surface area contributed by atoms with Crippen LogP contribution in [0.5, 0.6) is 0 Å². The van der Waals surface area contributed by atoms with Crippen molar-refractivity contribution in [1.82, 2.24) is 0 Å². The van der Waals surface area contributed by atoms with Crippen molar-refractivity contribution in [3.63, 3.8) is 0 Å². The first kappa shape index (κ1) is 19.3. The van der Waals surface area contributed by atoms with Gasteiger partial charge in [-0.05, 0) is 61.2 Å². The fourth-order valence-electron chi connectivity index (χ4n) is 3.02. The van der Waals surface area contributed by atoms with Gasteiger partial charge in [-0.25, -0.2) is 0 Å². The number of hydrogen-bond donors (Lipinski definition) is 1. The Kier molecular flexibility index (Phi) is 6.39. The molecule has 0 atom stereocenters. The monoisotopic (exact) mass is 399 g/mol. The second kappa shape index (κ2) is 8.94. The second-order valence-electron chi connectivity index (χ2n) is 6.39. The summed E-state index contributed by atoms with van der Waals surface area (Å²) in [7, 11) is 0. The minimum Gasteiger partial charge on any atom is -0.372 e. The molecule has 1 N–H and O–H groups in total. The summed E-state index contributed by atoms with van der Waals surface area (Å²) in [4.78, 5) is 14.7. The lowest BCUT2D eigenvalue weighted by Gasteiger charge is -2.28. The predicted octanol–water partition coefficient (Wildman–Crippen LogP) is 5.53. The molecular formula is C21H19Cl2N3O. The third kappa shape index (κ3) is 5.03. The van der Waals surface area contributed by atoms with Crippen LogP contribution in [-0.4, -0.2) is 19.0 Å². The zero-order chi connectivity index (χ0) is 19.2. The van der Waals surface area contributed by atoms with Crippen molar-refractivity contribution in [3.05, 3.63) is 63.6 Å². The first-order valence-electron chi connectivity index (χ1n) is 8.80. The molecule has 3 rings (SSSR count). The first-order valence-corrected chi connectivity index (χ1v) is 9.55. The van der Waals surface area contributed by atoms with E-state index in [-0.39, 0.29) is 5.57 Å². The lowest BCUT2D eigenvalue weighted by molar-refractivity contribution is -0.112. The Morgan fingerprint density at radius 3 is 2.37 bits per heavy atom. The molecule has 0 bridgehead atoms. The number of amides is 1. The quantitative estimate of drug-likeness (QED) is 0.542. The molecule has 0 aromatic heterocycles. The predicted molar refractivity (Wildman–Crippen MR) is 111 cm³/mol. The smallest absolute Gasteiger partial charge is 0.266 e. The number of hydrogen-bond acceptors (Lipinski definition) is 3. The molecule has 138 valence electrons. The average molecular weight is 400 g/mol. The van der Waals surface area contributed by atoms with Crippen LogP contribution >= 0.6 is 23.2 Å². The van der Waals surface area contributed by atoms with E-state index in [1.807, 2.05) is 30.3 Å². The van der Waals surface area contributed by atoms with E-state index in [9.17, 15) is 10.1 Å². The van der Waals surface area contributed by atoms with Crippen LogP contribution in [-0.2, 0) is 4.79 Å². The van der Waals surface area contributed by atoms with Gasteiger partial charge in [-0.3, -0.25) is 4.79 Å². The largest absolute Gasteiger partial charge is 0.372 e. The number of nitrogens with one attached hydrogen (secondary N) is 1. The van der Waals surface area contributed by atoms with Crippen LogP contribution in [0.4, 0.5) is 11.4 Å². The lowest BCUT2D eigenvalue weighted by Crippen LogP contribution is -2.29. The Morgan fingerprint density at radius 1 is 1.04 bits per heavy atom. The van der Waals surface area contributed by atoms with Gasteiger partial charge in [0.1, 0.15) is 11.6 Å². The number of benzene rings is 2. The fourth-order valence-corrected chi connectivity index (χ4v) is 3.32. The number of anilines is 2. The van der Waals surface area contributed by atoms with Gasteiger partial charge in [0.25, 0.3) is 5.91 Å². The van der Waals surface area contributed by atoms with Crippen LogP contribution in [0.15, 0.2) is 48.0 Å². The molecule has 1 fully saturated rings. The Hall–Kier alpha value is -2.48. The molecule has 1 aliphatic rings. The summed E-state index contributed by atoms with van der Waals surface area (Å²) in [5.74, 6) is -0.490. The summed E-state index contributed by atoms with van der Waals surface area (Å²) in [5.41, 5.74) is 2.48. The van der Waals surface area contributed by atoms with Gasteiger partial charge in [0, 0.05) is 24.5 Å². The van der Waals surface area contributed by atoms with Crippen molar-refractivity contribution >= 4 is 46.6 Å². The number of rotatable bonds is 4. The summed E-state index contributed by atoms with van der Waals surface area (Å²) >= 11 is 11.8. The molecule has 4 nitrogen and oxygen atoms in total. The van der Waals surface area contributed by atoms with Crippen molar-refractivity contribution in [2.45, 2.75) is 19.3 Å². The number of carbonyl (C=O) groups excluding carboxylic acids is 1. The number of piperidine rings is 1. The Balaban J connectivity index is 1.72. The van der Waals surface area contributed by atoms with Crippen LogP contribution in [0.3, 0.4) is 0 Å². The number of nitriles is 1.